The molecule has 0 radical (unpaired) electrons. The van der Waals surface area contributed by atoms with E-state index in [0.717, 1.165) is 17.9 Å². The molecule has 1 rings (SSSR count). The van der Waals surface area contributed by atoms with Crippen molar-refractivity contribution in [3.8, 4) is 5.75 Å². The molecule has 0 spiro atoms. The molecule has 4 nitrogen and oxygen atoms in total. The van der Waals surface area contributed by atoms with E-state index in [9.17, 15) is 0 Å². The van der Waals surface area contributed by atoms with E-state index in [2.05, 4.69) is 38.1 Å². The topological polar surface area (TPSA) is 39.1 Å². The minimum Gasteiger partial charge on any atom is -0.493 e. The SMILES string of the molecule is CNC(CC(C)C)c1c(OC)cnn1C(C)C. The van der Waals surface area contributed by atoms with E-state index in [1.165, 1.54) is 0 Å². The van der Waals surface area contributed by atoms with E-state index in [1.54, 1.807) is 13.3 Å². The molecule has 0 fully saturated rings. The van der Waals surface area contributed by atoms with Gasteiger partial charge in [0.1, 0.15) is 0 Å². The molecule has 0 aliphatic carbocycles. The van der Waals surface area contributed by atoms with Crippen LogP contribution in [0, 0.1) is 5.92 Å². The van der Waals surface area contributed by atoms with Gasteiger partial charge in [-0.1, -0.05) is 13.8 Å². The standard InChI is InChI=1S/C13H25N3O/c1-9(2)7-11(14-5)13-12(17-6)8-15-16(13)10(3)4/h8-11,14H,7H2,1-6H3. The van der Waals surface area contributed by atoms with Crippen molar-refractivity contribution in [2.24, 2.45) is 5.92 Å². The van der Waals surface area contributed by atoms with Crippen molar-refractivity contribution in [1.29, 1.82) is 0 Å². The molecule has 1 heterocycles. The summed E-state index contributed by atoms with van der Waals surface area (Å²) < 4.78 is 7.46. The van der Waals surface area contributed by atoms with Gasteiger partial charge in [-0.25, -0.2) is 0 Å². The fourth-order valence-electron chi connectivity index (χ4n) is 2.09. The van der Waals surface area contributed by atoms with Crippen LogP contribution in [0.25, 0.3) is 0 Å². The van der Waals surface area contributed by atoms with Gasteiger partial charge < -0.3 is 10.1 Å². The Hall–Kier alpha value is -1.03. The molecular weight excluding hydrogens is 214 g/mol. The first-order chi connectivity index (χ1) is 8.01. The second-order valence-corrected chi connectivity index (χ2v) is 5.11. The quantitative estimate of drug-likeness (QED) is 0.829. The van der Waals surface area contributed by atoms with E-state index in [0.29, 0.717) is 12.0 Å². The Balaban J connectivity index is 3.10. The van der Waals surface area contributed by atoms with E-state index in [1.807, 2.05) is 11.7 Å². The van der Waals surface area contributed by atoms with Crippen LogP contribution in [-0.2, 0) is 0 Å². The van der Waals surface area contributed by atoms with Gasteiger partial charge in [0.25, 0.3) is 0 Å². The molecule has 0 aliphatic rings. The zero-order valence-corrected chi connectivity index (χ0v) is 11.8. The van der Waals surface area contributed by atoms with Crippen LogP contribution in [0.1, 0.15) is 51.9 Å². The lowest BCUT2D eigenvalue weighted by Crippen LogP contribution is -2.23. The van der Waals surface area contributed by atoms with E-state index >= 15 is 0 Å². The van der Waals surface area contributed by atoms with Gasteiger partial charge in [0.2, 0.25) is 0 Å². The Morgan fingerprint density at radius 1 is 1.35 bits per heavy atom. The minimum absolute atomic E-state index is 0.287. The fourth-order valence-corrected chi connectivity index (χ4v) is 2.09. The molecule has 0 amide bonds. The number of nitrogens with zero attached hydrogens (tertiary/aromatic N) is 2. The lowest BCUT2D eigenvalue weighted by molar-refractivity contribution is 0.368. The maximum absolute atomic E-state index is 5.42. The van der Waals surface area contributed by atoms with Gasteiger partial charge in [0.05, 0.1) is 25.0 Å². The van der Waals surface area contributed by atoms with Gasteiger partial charge in [-0.05, 0) is 33.2 Å². The number of ether oxygens (including phenoxy) is 1. The van der Waals surface area contributed by atoms with Crippen molar-refractivity contribution >= 4 is 0 Å². The molecule has 0 saturated heterocycles. The van der Waals surface area contributed by atoms with Gasteiger partial charge in [0, 0.05) is 6.04 Å². The molecule has 0 aliphatic heterocycles. The van der Waals surface area contributed by atoms with Crippen molar-refractivity contribution in [1.82, 2.24) is 15.1 Å². The molecule has 1 aromatic rings. The smallest absolute Gasteiger partial charge is 0.161 e. The van der Waals surface area contributed by atoms with E-state index < -0.39 is 0 Å². The number of nitrogens with one attached hydrogen (secondary N) is 1. The zero-order valence-electron chi connectivity index (χ0n) is 11.8. The fraction of sp³-hybridized carbons (Fsp3) is 0.769. The van der Waals surface area contributed by atoms with Crippen LogP contribution in [0.5, 0.6) is 5.75 Å². The van der Waals surface area contributed by atoms with Crippen LogP contribution < -0.4 is 10.1 Å². The summed E-state index contributed by atoms with van der Waals surface area (Å²) in [7, 11) is 3.69. The summed E-state index contributed by atoms with van der Waals surface area (Å²) in [6.45, 7) is 8.73. The highest BCUT2D eigenvalue weighted by Crippen LogP contribution is 2.30. The average Bonchev–Trinajstić information content (AvgIpc) is 2.69. The van der Waals surface area contributed by atoms with E-state index in [4.69, 9.17) is 4.74 Å². The predicted octanol–water partition coefficient (Wildman–Crippen LogP) is 2.78. The highest BCUT2D eigenvalue weighted by molar-refractivity contribution is 5.28. The number of methoxy groups -OCH3 is 1. The second-order valence-electron chi connectivity index (χ2n) is 5.11. The Morgan fingerprint density at radius 2 is 2.00 bits per heavy atom. The molecule has 0 bridgehead atoms. The highest BCUT2D eigenvalue weighted by atomic mass is 16.5. The first-order valence-electron chi connectivity index (χ1n) is 6.29. The average molecular weight is 239 g/mol. The maximum Gasteiger partial charge on any atom is 0.161 e. The largest absolute Gasteiger partial charge is 0.493 e. The summed E-state index contributed by atoms with van der Waals surface area (Å²) in [5, 5.41) is 7.78. The van der Waals surface area contributed by atoms with Gasteiger partial charge in [-0.15, -0.1) is 0 Å². The molecule has 0 saturated carbocycles. The van der Waals surface area contributed by atoms with Crippen LogP contribution in [0.4, 0.5) is 0 Å². The molecule has 1 N–H and O–H groups in total. The van der Waals surface area contributed by atoms with Crippen molar-refractivity contribution in [2.75, 3.05) is 14.2 Å². The van der Waals surface area contributed by atoms with Crippen LogP contribution in [0.2, 0.25) is 0 Å². The van der Waals surface area contributed by atoms with Gasteiger partial charge in [-0.2, -0.15) is 5.10 Å². The Kier molecular flexibility index (Phi) is 5.00. The highest BCUT2D eigenvalue weighted by Gasteiger charge is 2.22. The molecule has 4 heteroatoms. The lowest BCUT2D eigenvalue weighted by atomic mass is 10.0. The Bertz CT molecular complexity index is 344. The van der Waals surface area contributed by atoms with Gasteiger partial charge in [0.15, 0.2) is 5.75 Å². The van der Waals surface area contributed by atoms with Crippen LogP contribution in [0.3, 0.4) is 0 Å². The summed E-state index contributed by atoms with van der Waals surface area (Å²) in [6, 6.07) is 0.631. The third-order valence-corrected chi connectivity index (χ3v) is 2.89. The minimum atomic E-state index is 0.287. The van der Waals surface area contributed by atoms with Crippen molar-refractivity contribution < 1.29 is 4.74 Å². The van der Waals surface area contributed by atoms with Crippen LogP contribution >= 0.6 is 0 Å². The third kappa shape index (κ3) is 3.22. The number of aromatic nitrogens is 2. The molecule has 1 aromatic heterocycles. The lowest BCUT2D eigenvalue weighted by Gasteiger charge is -2.22. The normalized spacial score (nSPS) is 13.4. The molecule has 0 aromatic carbocycles. The number of hydrogen-bond acceptors (Lipinski definition) is 3. The summed E-state index contributed by atoms with van der Waals surface area (Å²) in [4.78, 5) is 0. The number of rotatable bonds is 6. The summed E-state index contributed by atoms with van der Waals surface area (Å²) in [5.41, 5.74) is 1.15. The molecule has 1 atom stereocenters. The van der Waals surface area contributed by atoms with Crippen molar-refractivity contribution in [3.05, 3.63) is 11.9 Å². The summed E-state index contributed by atoms with van der Waals surface area (Å²) in [5.74, 6) is 1.51. The summed E-state index contributed by atoms with van der Waals surface area (Å²) >= 11 is 0. The molecule has 17 heavy (non-hydrogen) atoms. The monoisotopic (exact) mass is 239 g/mol. The van der Waals surface area contributed by atoms with Crippen LogP contribution in [-0.4, -0.2) is 23.9 Å². The molecule has 98 valence electrons. The first-order valence-corrected chi connectivity index (χ1v) is 6.29. The zero-order chi connectivity index (χ0) is 13.0. The molecule has 1 unspecified atom stereocenters. The second kappa shape index (κ2) is 6.05. The van der Waals surface area contributed by atoms with E-state index in [-0.39, 0.29) is 6.04 Å². The predicted molar refractivity (Wildman–Crippen MR) is 70.4 cm³/mol. The maximum atomic E-state index is 5.42. The van der Waals surface area contributed by atoms with Crippen LogP contribution in [0.15, 0.2) is 6.20 Å². The van der Waals surface area contributed by atoms with Crippen molar-refractivity contribution in [3.63, 3.8) is 0 Å². The summed E-state index contributed by atoms with van der Waals surface area (Å²) in [6.07, 6.45) is 2.88. The molecular formula is C13H25N3O. The third-order valence-electron chi connectivity index (χ3n) is 2.89. The Morgan fingerprint density at radius 3 is 2.41 bits per heavy atom. The van der Waals surface area contributed by atoms with Gasteiger partial charge in [-0.3, -0.25) is 4.68 Å². The first kappa shape index (κ1) is 14.0. The van der Waals surface area contributed by atoms with Crippen molar-refractivity contribution in [2.45, 2.75) is 46.2 Å². The number of hydrogen-bond donors (Lipinski definition) is 1. The van der Waals surface area contributed by atoms with Gasteiger partial charge >= 0.3 is 0 Å². The Labute approximate surface area is 104 Å².